The molecule has 31 heavy (non-hydrogen) atoms. The van der Waals surface area contributed by atoms with E-state index in [2.05, 4.69) is 5.32 Å². The van der Waals surface area contributed by atoms with Gasteiger partial charge >= 0.3 is 0 Å². The molecule has 1 aliphatic rings. The van der Waals surface area contributed by atoms with Gasteiger partial charge in [0, 0.05) is 24.3 Å². The highest BCUT2D eigenvalue weighted by molar-refractivity contribution is 7.89. The summed E-state index contributed by atoms with van der Waals surface area (Å²) in [7, 11) is 0.764. The van der Waals surface area contributed by atoms with Crippen LogP contribution in [0.3, 0.4) is 0 Å². The van der Waals surface area contributed by atoms with Crippen LogP contribution in [0, 0.1) is 0 Å². The molecule has 0 aromatic heterocycles. The second-order valence-corrected chi connectivity index (χ2v) is 9.29. The van der Waals surface area contributed by atoms with Crippen LogP contribution < -0.4 is 19.5 Å². The molecule has 2 aromatic rings. The van der Waals surface area contributed by atoms with E-state index in [0.717, 1.165) is 12.8 Å². The summed E-state index contributed by atoms with van der Waals surface area (Å²) >= 11 is 6.17. The van der Waals surface area contributed by atoms with Crippen LogP contribution in [-0.2, 0) is 21.2 Å². The van der Waals surface area contributed by atoms with Crippen molar-refractivity contribution in [3.63, 3.8) is 0 Å². The predicted molar refractivity (Wildman–Crippen MR) is 118 cm³/mol. The van der Waals surface area contributed by atoms with Crippen LogP contribution >= 0.6 is 11.6 Å². The zero-order chi connectivity index (χ0) is 22.6. The monoisotopic (exact) mass is 468 g/mol. The fraction of sp³-hybridized carbons (Fsp3) is 0.381. The summed E-state index contributed by atoms with van der Waals surface area (Å²) in [6.45, 7) is 0.933. The van der Waals surface area contributed by atoms with Gasteiger partial charge in [-0.05, 0) is 37.1 Å². The summed E-state index contributed by atoms with van der Waals surface area (Å²) in [5.74, 6) is 0.918. The lowest BCUT2D eigenvalue weighted by atomic mass is 10.1. The van der Waals surface area contributed by atoms with Crippen molar-refractivity contribution in [1.29, 1.82) is 0 Å². The molecule has 1 fully saturated rings. The van der Waals surface area contributed by atoms with Crippen LogP contribution in [0.15, 0.2) is 35.2 Å². The molecule has 1 aliphatic heterocycles. The number of carbonyl (C=O) groups excluding carboxylic acids is 1. The Bertz CT molecular complexity index is 1070. The molecule has 1 heterocycles. The second kappa shape index (κ2) is 9.76. The first-order chi connectivity index (χ1) is 14.8. The molecule has 0 saturated carbocycles. The third-order valence-corrected chi connectivity index (χ3v) is 7.41. The van der Waals surface area contributed by atoms with Gasteiger partial charge in [0.25, 0.3) is 0 Å². The first kappa shape index (κ1) is 23.2. The van der Waals surface area contributed by atoms with Crippen LogP contribution in [0.4, 0.5) is 5.69 Å². The predicted octanol–water partition coefficient (Wildman–Crippen LogP) is 3.33. The summed E-state index contributed by atoms with van der Waals surface area (Å²) in [4.78, 5) is 12.7. The third-order valence-electron chi connectivity index (χ3n) is 5.03. The number of halogens is 1. The summed E-state index contributed by atoms with van der Waals surface area (Å²) in [6, 6.07) is 7.82. The lowest BCUT2D eigenvalue weighted by molar-refractivity contribution is -0.115. The smallest absolute Gasteiger partial charge is 0.244 e. The molecule has 1 N–H and O–H groups in total. The zero-order valence-corrected chi connectivity index (χ0v) is 19.2. The molecular formula is C21H25ClN2O6S. The van der Waals surface area contributed by atoms with E-state index in [1.54, 1.807) is 18.2 Å². The molecule has 0 atom stereocenters. The van der Waals surface area contributed by atoms with Gasteiger partial charge in [-0.1, -0.05) is 17.7 Å². The molecule has 3 rings (SSSR count). The molecule has 0 radical (unpaired) electrons. The molecular weight excluding hydrogens is 444 g/mol. The third kappa shape index (κ3) is 4.89. The average molecular weight is 469 g/mol. The van der Waals surface area contributed by atoms with Crippen molar-refractivity contribution >= 4 is 33.2 Å². The van der Waals surface area contributed by atoms with Crippen molar-refractivity contribution in [2.24, 2.45) is 0 Å². The number of nitrogens with one attached hydrogen (secondary N) is 1. The molecule has 168 valence electrons. The SMILES string of the molecule is COc1ccc(CC(=O)Nc2ccc(Cl)c(S(=O)(=O)N3CCCC3)c2)c(OC)c1OC. The van der Waals surface area contributed by atoms with Crippen LogP contribution in [0.1, 0.15) is 18.4 Å². The lowest BCUT2D eigenvalue weighted by Gasteiger charge is -2.18. The summed E-state index contributed by atoms with van der Waals surface area (Å²) in [6.07, 6.45) is 1.63. The van der Waals surface area contributed by atoms with E-state index in [0.29, 0.717) is 41.6 Å². The maximum absolute atomic E-state index is 12.9. The normalized spacial score (nSPS) is 14.3. The fourth-order valence-electron chi connectivity index (χ4n) is 3.53. The number of benzene rings is 2. The van der Waals surface area contributed by atoms with E-state index in [1.165, 1.54) is 37.8 Å². The number of sulfonamides is 1. The van der Waals surface area contributed by atoms with E-state index in [-0.39, 0.29) is 22.2 Å². The van der Waals surface area contributed by atoms with E-state index in [1.807, 2.05) is 0 Å². The van der Waals surface area contributed by atoms with Crippen LogP contribution in [-0.4, -0.2) is 53.0 Å². The minimum absolute atomic E-state index is 0.0135. The number of hydrogen-bond donors (Lipinski definition) is 1. The molecule has 8 nitrogen and oxygen atoms in total. The van der Waals surface area contributed by atoms with E-state index < -0.39 is 10.0 Å². The summed E-state index contributed by atoms with van der Waals surface area (Å²) in [5.41, 5.74) is 0.933. The van der Waals surface area contributed by atoms with Gasteiger partial charge in [-0.15, -0.1) is 0 Å². The van der Waals surface area contributed by atoms with Gasteiger partial charge in [0.15, 0.2) is 11.5 Å². The van der Waals surface area contributed by atoms with Gasteiger partial charge in [0.1, 0.15) is 4.90 Å². The Balaban J connectivity index is 1.82. The maximum Gasteiger partial charge on any atom is 0.244 e. The van der Waals surface area contributed by atoms with Gasteiger partial charge in [0.05, 0.1) is 32.8 Å². The van der Waals surface area contributed by atoms with E-state index in [4.69, 9.17) is 25.8 Å². The summed E-state index contributed by atoms with van der Waals surface area (Å²) < 4.78 is 43.2. The molecule has 10 heteroatoms. The fourth-order valence-corrected chi connectivity index (χ4v) is 5.54. The minimum Gasteiger partial charge on any atom is -0.493 e. The van der Waals surface area contributed by atoms with Gasteiger partial charge in [-0.2, -0.15) is 4.31 Å². The Labute approximate surface area is 187 Å². The highest BCUT2D eigenvalue weighted by atomic mass is 35.5. The highest BCUT2D eigenvalue weighted by Gasteiger charge is 2.29. The first-order valence-corrected chi connectivity index (χ1v) is 11.5. The quantitative estimate of drug-likeness (QED) is 0.638. The minimum atomic E-state index is -3.71. The second-order valence-electron chi connectivity index (χ2n) is 6.97. The molecule has 0 unspecified atom stereocenters. The number of amides is 1. The van der Waals surface area contributed by atoms with Crippen molar-refractivity contribution < 1.29 is 27.4 Å². The number of hydrogen-bond acceptors (Lipinski definition) is 6. The van der Waals surface area contributed by atoms with E-state index in [9.17, 15) is 13.2 Å². The number of rotatable bonds is 8. The molecule has 2 aromatic carbocycles. The molecule has 1 amide bonds. The van der Waals surface area contributed by atoms with Crippen LogP contribution in [0.2, 0.25) is 5.02 Å². The molecule has 0 spiro atoms. The topological polar surface area (TPSA) is 94.2 Å². The van der Waals surface area contributed by atoms with Gasteiger partial charge < -0.3 is 19.5 Å². The van der Waals surface area contributed by atoms with E-state index >= 15 is 0 Å². The van der Waals surface area contributed by atoms with Crippen molar-refractivity contribution in [3.05, 3.63) is 40.9 Å². The number of carbonyl (C=O) groups is 1. The van der Waals surface area contributed by atoms with Gasteiger partial charge in [-0.25, -0.2) is 8.42 Å². The largest absolute Gasteiger partial charge is 0.493 e. The van der Waals surface area contributed by atoms with Crippen LogP contribution in [0.5, 0.6) is 17.2 Å². The Morgan fingerprint density at radius 3 is 2.32 bits per heavy atom. The number of anilines is 1. The lowest BCUT2D eigenvalue weighted by Crippen LogP contribution is -2.28. The van der Waals surface area contributed by atoms with Crippen molar-refractivity contribution in [2.75, 3.05) is 39.7 Å². The number of ether oxygens (including phenoxy) is 3. The van der Waals surface area contributed by atoms with Gasteiger partial charge in [-0.3, -0.25) is 4.79 Å². The Morgan fingerprint density at radius 2 is 1.71 bits per heavy atom. The van der Waals surface area contributed by atoms with Crippen molar-refractivity contribution in [2.45, 2.75) is 24.2 Å². The standard InChI is InChI=1S/C21H25ClN2O6S/c1-28-17-9-6-14(20(29-2)21(17)30-3)12-19(25)23-15-7-8-16(22)18(13-15)31(26,27)24-10-4-5-11-24/h6-9,13H,4-5,10-12H2,1-3H3,(H,23,25). The average Bonchev–Trinajstić information content (AvgIpc) is 3.30. The Morgan fingerprint density at radius 1 is 1.03 bits per heavy atom. The molecule has 1 saturated heterocycles. The maximum atomic E-state index is 12.9. The Kier molecular flexibility index (Phi) is 7.30. The zero-order valence-electron chi connectivity index (χ0n) is 17.6. The van der Waals surface area contributed by atoms with Crippen molar-refractivity contribution in [3.8, 4) is 17.2 Å². The number of nitrogens with zero attached hydrogens (tertiary/aromatic N) is 1. The molecule has 0 bridgehead atoms. The Hall–Kier alpha value is -2.49. The highest BCUT2D eigenvalue weighted by Crippen LogP contribution is 2.40. The van der Waals surface area contributed by atoms with Gasteiger partial charge in [0.2, 0.25) is 21.7 Å². The number of methoxy groups -OCH3 is 3. The van der Waals surface area contributed by atoms with Crippen LogP contribution in [0.25, 0.3) is 0 Å². The summed E-state index contributed by atoms with van der Waals surface area (Å²) in [5, 5.41) is 2.85. The first-order valence-electron chi connectivity index (χ1n) is 9.69. The van der Waals surface area contributed by atoms with Crippen molar-refractivity contribution in [1.82, 2.24) is 4.31 Å². The molecule has 0 aliphatic carbocycles.